The van der Waals surface area contributed by atoms with E-state index in [-0.39, 0.29) is 5.91 Å². The van der Waals surface area contributed by atoms with E-state index in [4.69, 9.17) is 0 Å². The zero-order chi connectivity index (χ0) is 15.6. The predicted molar refractivity (Wildman–Crippen MR) is 91.9 cm³/mol. The van der Waals surface area contributed by atoms with Crippen molar-refractivity contribution >= 4 is 17.2 Å². The molecule has 0 aromatic carbocycles. The van der Waals surface area contributed by atoms with Crippen LogP contribution in [0.15, 0.2) is 23.6 Å². The molecule has 1 aliphatic carbocycles. The summed E-state index contributed by atoms with van der Waals surface area (Å²) >= 11 is 1.81. The maximum Gasteiger partial charge on any atom is 0.274 e. The summed E-state index contributed by atoms with van der Waals surface area (Å²) in [6.45, 7) is 0.875. The maximum absolute atomic E-state index is 12.9. The molecule has 2 aromatic rings. The van der Waals surface area contributed by atoms with Gasteiger partial charge in [-0.2, -0.15) is 5.10 Å². The molecule has 0 radical (unpaired) electrons. The Bertz CT molecular complexity index is 660. The van der Waals surface area contributed by atoms with Crippen LogP contribution in [0, 0.1) is 0 Å². The van der Waals surface area contributed by atoms with E-state index in [0.29, 0.717) is 17.7 Å². The van der Waals surface area contributed by atoms with Crippen molar-refractivity contribution < 1.29 is 4.79 Å². The number of likely N-dealkylation sites (tertiary alicyclic amines) is 1. The van der Waals surface area contributed by atoms with E-state index in [1.54, 1.807) is 0 Å². The fraction of sp³-hybridized carbons (Fsp3) is 0.556. The second kappa shape index (κ2) is 6.48. The van der Waals surface area contributed by atoms with E-state index in [1.807, 2.05) is 17.4 Å². The molecule has 1 N–H and O–H groups in total. The van der Waals surface area contributed by atoms with E-state index in [9.17, 15) is 4.79 Å². The monoisotopic (exact) mass is 329 g/mol. The first-order chi connectivity index (χ1) is 11.3. The first kappa shape index (κ1) is 14.9. The Hall–Kier alpha value is -1.62. The Morgan fingerprint density at radius 3 is 3.04 bits per heavy atom. The molecule has 1 aliphatic heterocycles. The summed E-state index contributed by atoms with van der Waals surface area (Å²) in [6, 6.07) is 6.63. The highest BCUT2D eigenvalue weighted by Gasteiger charge is 2.31. The first-order valence-electron chi connectivity index (χ1n) is 8.70. The third-order valence-electron chi connectivity index (χ3n) is 5.03. The fourth-order valence-corrected chi connectivity index (χ4v) is 4.25. The van der Waals surface area contributed by atoms with Gasteiger partial charge < -0.3 is 4.90 Å². The number of nitrogens with zero attached hydrogens (tertiary/aromatic N) is 2. The maximum atomic E-state index is 12.9. The van der Waals surface area contributed by atoms with Gasteiger partial charge in [-0.25, -0.2) is 0 Å². The van der Waals surface area contributed by atoms with E-state index < -0.39 is 0 Å². The lowest BCUT2D eigenvalue weighted by atomic mass is 9.97. The quantitative estimate of drug-likeness (QED) is 0.902. The number of hydrogen-bond donors (Lipinski definition) is 1. The van der Waals surface area contributed by atoms with Gasteiger partial charge in [-0.1, -0.05) is 6.07 Å². The molecule has 2 aliphatic rings. The molecule has 1 atom stereocenters. The van der Waals surface area contributed by atoms with Gasteiger partial charge in [0.2, 0.25) is 0 Å². The van der Waals surface area contributed by atoms with Crippen LogP contribution in [0.3, 0.4) is 0 Å². The lowest BCUT2D eigenvalue weighted by Gasteiger charge is -2.35. The van der Waals surface area contributed by atoms with E-state index in [0.717, 1.165) is 37.9 Å². The number of rotatable bonds is 5. The molecule has 5 heteroatoms. The number of piperidine rings is 1. The Balaban J connectivity index is 1.43. The van der Waals surface area contributed by atoms with Gasteiger partial charge >= 0.3 is 0 Å². The molecular formula is C18H23N3OS. The van der Waals surface area contributed by atoms with Crippen molar-refractivity contribution in [1.29, 1.82) is 0 Å². The smallest absolute Gasteiger partial charge is 0.274 e. The SMILES string of the molecule is O=C(c1cc(C2CC2)[nH]n1)N1CCCC[C@H]1CCc1cccs1. The van der Waals surface area contributed by atoms with Crippen LogP contribution in [0.4, 0.5) is 0 Å². The van der Waals surface area contributed by atoms with Crippen molar-refractivity contribution in [2.75, 3.05) is 6.54 Å². The number of aromatic amines is 1. The van der Waals surface area contributed by atoms with Crippen LogP contribution in [0.1, 0.15) is 65.5 Å². The van der Waals surface area contributed by atoms with Crippen LogP contribution >= 0.6 is 11.3 Å². The standard InChI is InChI=1S/C18H23N3OS/c22-18(17-12-16(19-20-17)13-6-7-13)21-10-2-1-4-14(21)8-9-15-5-3-11-23-15/h3,5,11-14H,1-2,4,6-10H2,(H,19,20)/t14-/m0/s1. The second-order valence-corrected chi connectivity index (χ2v) is 7.78. The largest absolute Gasteiger partial charge is 0.334 e. The number of amides is 1. The molecule has 0 unspecified atom stereocenters. The van der Waals surface area contributed by atoms with Gasteiger partial charge in [0, 0.05) is 29.1 Å². The summed E-state index contributed by atoms with van der Waals surface area (Å²) in [5, 5.41) is 9.47. The van der Waals surface area contributed by atoms with Gasteiger partial charge in [-0.05, 0) is 62.5 Å². The highest BCUT2D eigenvalue weighted by molar-refractivity contribution is 7.09. The van der Waals surface area contributed by atoms with Gasteiger partial charge in [-0.3, -0.25) is 9.89 Å². The number of nitrogens with one attached hydrogen (secondary N) is 1. The molecule has 23 heavy (non-hydrogen) atoms. The molecule has 3 heterocycles. The van der Waals surface area contributed by atoms with Crippen LogP contribution in [-0.2, 0) is 6.42 Å². The zero-order valence-electron chi connectivity index (χ0n) is 13.3. The number of carbonyl (C=O) groups is 1. The highest BCUT2D eigenvalue weighted by atomic mass is 32.1. The average molecular weight is 329 g/mol. The van der Waals surface area contributed by atoms with Crippen molar-refractivity contribution in [3.63, 3.8) is 0 Å². The number of hydrogen-bond acceptors (Lipinski definition) is 3. The summed E-state index contributed by atoms with van der Waals surface area (Å²) in [7, 11) is 0. The first-order valence-corrected chi connectivity index (χ1v) is 9.58. The Morgan fingerprint density at radius 2 is 2.26 bits per heavy atom. The summed E-state index contributed by atoms with van der Waals surface area (Å²) < 4.78 is 0. The van der Waals surface area contributed by atoms with Crippen LogP contribution in [0.25, 0.3) is 0 Å². The molecule has 4 nitrogen and oxygen atoms in total. The second-order valence-electron chi connectivity index (χ2n) is 6.75. The zero-order valence-corrected chi connectivity index (χ0v) is 14.1. The van der Waals surface area contributed by atoms with Gasteiger partial charge in [0.1, 0.15) is 5.69 Å². The summed E-state index contributed by atoms with van der Waals surface area (Å²) in [5.74, 6) is 0.726. The number of H-pyrrole nitrogens is 1. The topological polar surface area (TPSA) is 49.0 Å². The van der Waals surface area contributed by atoms with Gasteiger partial charge in [0.25, 0.3) is 5.91 Å². The van der Waals surface area contributed by atoms with Crippen LogP contribution in [-0.4, -0.2) is 33.6 Å². The van der Waals surface area contributed by atoms with Gasteiger partial charge in [0.15, 0.2) is 0 Å². The molecule has 2 aromatic heterocycles. The number of carbonyl (C=O) groups excluding carboxylic acids is 1. The molecule has 1 saturated carbocycles. The van der Waals surface area contributed by atoms with Crippen LogP contribution in [0.2, 0.25) is 0 Å². The van der Waals surface area contributed by atoms with E-state index in [1.165, 1.54) is 24.1 Å². The summed E-state index contributed by atoms with van der Waals surface area (Å²) in [4.78, 5) is 16.4. The van der Waals surface area contributed by atoms with Gasteiger partial charge in [0.05, 0.1) is 0 Å². The number of aryl methyl sites for hydroxylation is 1. The minimum Gasteiger partial charge on any atom is -0.334 e. The minimum atomic E-state index is 0.115. The van der Waals surface area contributed by atoms with Gasteiger partial charge in [-0.15, -0.1) is 11.3 Å². The van der Waals surface area contributed by atoms with Crippen LogP contribution in [0.5, 0.6) is 0 Å². The molecule has 1 saturated heterocycles. The lowest BCUT2D eigenvalue weighted by Crippen LogP contribution is -2.44. The average Bonchev–Trinajstić information content (AvgIpc) is 3.11. The van der Waals surface area contributed by atoms with Crippen molar-refractivity contribution in [2.45, 2.75) is 56.9 Å². The van der Waals surface area contributed by atoms with Crippen molar-refractivity contribution in [2.24, 2.45) is 0 Å². The van der Waals surface area contributed by atoms with Crippen LogP contribution < -0.4 is 0 Å². The van der Waals surface area contributed by atoms with Crippen molar-refractivity contribution in [3.05, 3.63) is 39.8 Å². The predicted octanol–water partition coefficient (Wildman–Crippen LogP) is 3.98. The Kier molecular flexibility index (Phi) is 4.21. The molecular weight excluding hydrogens is 306 g/mol. The molecule has 4 rings (SSSR count). The minimum absolute atomic E-state index is 0.115. The third-order valence-corrected chi connectivity index (χ3v) is 5.96. The molecule has 2 fully saturated rings. The molecule has 122 valence electrons. The van der Waals surface area contributed by atoms with Crippen molar-refractivity contribution in [1.82, 2.24) is 15.1 Å². The molecule has 0 bridgehead atoms. The normalized spacial score (nSPS) is 21.6. The lowest BCUT2D eigenvalue weighted by molar-refractivity contribution is 0.0596. The molecule has 0 spiro atoms. The Labute approximate surface area is 140 Å². The third kappa shape index (κ3) is 3.34. The van der Waals surface area contributed by atoms with E-state index >= 15 is 0 Å². The summed E-state index contributed by atoms with van der Waals surface area (Å²) in [6.07, 6.45) is 8.04. The number of thiophene rings is 1. The summed E-state index contributed by atoms with van der Waals surface area (Å²) in [5.41, 5.74) is 1.75. The Morgan fingerprint density at radius 1 is 1.35 bits per heavy atom. The number of aromatic nitrogens is 2. The fourth-order valence-electron chi connectivity index (χ4n) is 3.53. The molecule has 1 amide bonds. The highest BCUT2D eigenvalue weighted by Crippen LogP contribution is 2.39. The van der Waals surface area contributed by atoms with E-state index in [2.05, 4.69) is 32.6 Å². The van der Waals surface area contributed by atoms with Crippen molar-refractivity contribution in [3.8, 4) is 0 Å².